The number of hydrogen-bond acceptors (Lipinski definition) is 6. The Morgan fingerprint density at radius 1 is 1.21 bits per heavy atom. The molecule has 1 unspecified atom stereocenters. The zero-order valence-corrected chi connectivity index (χ0v) is 17.0. The highest BCUT2D eigenvalue weighted by Crippen LogP contribution is 2.33. The molecule has 0 bridgehead atoms. The van der Waals surface area contributed by atoms with Gasteiger partial charge in [0.2, 0.25) is 0 Å². The Morgan fingerprint density at radius 2 is 2.00 bits per heavy atom. The van der Waals surface area contributed by atoms with Crippen LogP contribution in [0.3, 0.4) is 0 Å². The van der Waals surface area contributed by atoms with Gasteiger partial charge in [0.1, 0.15) is 5.82 Å². The predicted molar refractivity (Wildman–Crippen MR) is 108 cm³/mol. The van der Waals surface area contributed by atoms with E-state index in [1.807, 2.05) is 31.1 Å². The van der Waals surface area contributed by atoms with Crippen molar-refractivity contribution in [3.05, 3.63) is 46.9 Å². The lowest BCUT2D eigenvalue weighted by Gasteiger charge is -2.34. The summed E-state index contributed by atoms with van der Waals surface area (Å²) in [5, 5.41) is 0. The standard InChI is InChI=1S/C21H29FN6/c1-15-24-17(19(22)21(25-15)28-12-10-26(2)11-13-28)14-27(3)18-8-4-6-16-7-5-9-23-20(16)18/h5,7,9,18H,4,6,8,10-14H2,1-3H3. The molecule has 1 fully saturated rings. The summed E-state index contributed by atoms with van der Waals surface area (Å²) in [5.74, 6) is 0.797. The summed E-state index contributed by atoms with van der Waals surface area (Å²) in [5.41, 5.74) is 2.91. The molecule has 0 amide bonds. The molecule has 0 spiro atoms. The van der Waals surface area contributed by atoms with Crippen LogP contribution < -0.4 is 4.90 Å². The second kappa shape index (κ2) is 8.09. The normalized spacial score (nSPS) is 20.5. The summed E-state index contributed by atoms with van der Waals surface area (Å²) in [6.07, 6.45) is 5.09. The first-order chi connectivity index (χ1) is 13.5. The molecule has 6 nitrogen and oxygen atoms in total. The average Bonchev–Trinajstić information content (AvgIpc) is 2.70. The smallest absolute Gasteiger partial charge is 0.188 e. The highest BCUT2D eigenvalue weighted by Gasteiger charge is 2.27. The van der Waals surface area contributed by atoms with Crippen LogP contribution in [0.15, 0.2) is 18.3 Å². The van der Waals surface area contributed by atoms with Crippen molar-refractivity contribution in [2.45, 2.75) is 38.8 Å². The lowest BCUT2D eigenvalue weighted by molar-refractivity contribution is 0.203. The van der Waals surface area contributed by atoms with E-state index in [0.717, 1.165) is 51.1 Å². The van der Waals surface area contributed by atoms with Gasteiger partial charge in [0.05, 0.1) is 17.4 Å². The lowest BCUT2D eigenvalue weighted by atomic mass is 9.91. The van der Waals surface area contributed by atoms with Crippen LogP contribution in [-0.2, 0) is 13.0 Å². The number of halogens is 1. The highest BCUT2D eigenvalue weighted by molar-refractivity contribution is 5.42. The van der Waals surface area contributed by atoms with E-state index in [4.69, 9.17) is 0 Å². The molecule has 1 aliphatic heterocycles. The molecule has 1 atom stereocenters. The zero-order chi connectivity index (χ0) is 19.7. The van der Waals surface area contributed by atoms with E-state index in [0.29, 0.717) is 23.9 Å². The van der Waals surface area contributed by atoms with E-state index in [9.17, 15) is 0 Å². The molecule has 3 heterocycles. The Kier molecular flexibility index (Phi) is 5.55. The first kappa shape index (κ1) is 19.2. The minimum absolute atomic E-state index is 0.201. The van der Waals surface area contributed by atoms with Crippen LogP contribution in [0.5, 0.6) is 0 Å². The monoisotopic (exact) mass is 384 g/mol. The fraction of sp³-hybridized carbons (Fsp3) is 0.571. The lowest BCUT2D eigenvalue weighted by Crippen LogP contribution is -2.45. The number of nitrogens with zero attached hydrogens (tertiary/aromatic N) is 6. The number of rotatable bonds is 4. The number of aryl methyl sites for hydroxylation is 2. The molecular weight excluding hydrogens is 355 g/mol. The molecule has 28 heavy (non-hydrogen) atoms. The molecule has 0 N–H and O–H groups in total. The van der Waals surface area contributed by atoms with E-state index in [-0.39, 0.29) is 11.9 Å². The van der Waals surface area contributed by atoms with Gasteiger partial charge >= 0.3 is 0 Å². The topological polar surface area (TPSA) is 48.4 Å². The third kappa shape index (κ3) is 3.86. The summed E-state index contributed by atoms with van der Waals surface area (Å²) < 4.78 is 15.3. The Morgan fingerprint density at radius 3 is 2.79 bits per heavy atom. The first-order valence-corrected chi connectivity index (χ1v) is 10.1. The predicted octanol–water partition coefficient (Wildman–Crippen LogP) is 2.58. The maximum atomic E-state index is 15.3. The summed E-state index contributed by atoms with van der Waals surface area (Å²) in [6, 6.07) is 4.35. The Hall–Kier alpha value is -2.12. The second-order valence-corrected chi connectivity index (χ2v) is 8.02. The quantitative estimate of drug-likeness (QED) is 0.808. The van der Waals surface area contributed by atoms with Crippen LogP contribution in [0.25, 0.3) is 0 Å². The van der Waals surface area contributed by atoms with Gasteiger partial charge in [-0.3, -0.25) is 9.88 Å². The first-order valence-electron chi connectivity index (χ1n) is 10.1. The van der Waals surface area contributed by atoms with E-state index < -0.39 is 0 Å². The van der Waals surface area contributed by atoms with Crippen molar-refractivity contribution in [2.24, 2.45) is 0 Å². The summed E-state index contributed by atoms with van der Waals surface area (Å²) in [7, 11) is 4.14. The maximum Gasteiger partial charge on any atom is 0.188 e. The number of likely N-dealkylation sites (N-methyl/N-ethyl adjacent to an activating group) is 1. The van der Waals surface area contributed by atoms with Crippen LogP contribution in [0.2, 0.25) is 0 Å². The van der Waals surface area contributed by atoms with Gasteiger partial charge in [0.25, 0.3) is 0 Å². The largest absolute Gasteiger partial charge is 0.352 e. The molecule has 2 aromatic rings. The van der Waals surface area contributed by atoms with Gasteiger partial charge in [0.15, 0.2) is 11.6 Å². The molecule has 7 heteroatoms. The van der Waals surface area contributed by atoms with E-state index in [1.54, 1.807) is 0 Å². The van der Waals surface area contributed by atoms with Gasteiger partial charge < -0.3 is 9.80 Å². The number of fused-ring (bicyclic) bond motifs is 1. The number of hydrogen-bond donors (Lipinski definition) is 0. The van der Waals surface area contributed by atoms with Gasteiger partial charge in [-0.2, -0.15) is 0 Å². The summed E-state index contributed by atoms with van der Waals surface area (Å²) in [6.45, 7) is 5.72. The van der Waals surface area contributed by atoms with Crippen molar-refractivity contribution in [2.75, 3.05) is 45.2 Å². The Labute approximate surface area is 166 Å². The van der Waals surface area contributed by atoms with Gasteiger partial charge in [-0.05, 0) is 51.9 Å². The van der Waals surface area contributed by atoms with Gasteiger partial charge in [-0.15, -0.1) is 0 Å². The van der Waals surface area contributed by atoms with Crippen molar-refractivity contribution in [1.82, 2.24) is 24.8 Å². The van der Waals surface area contributed by atoms with Gasteiger partial charge in [0, 0.05) is 38.9 Å². The fourth-order valence-corrected chi connectivity index (χ4v) is 4.29. The molecule has 0 radical (unpaired) electrons. The van der Waals surface area contributed by atoms with Crippen LogP contribution in [0.1, 0.15) is 41.7 Å². The highest BCUT2D eigenvalue weighted by atomic mass is 19.1. The van der Waals surface area contributed by atoms with Gasteiger partial charge in [-0.1, -0.05) is 6.07 Å². The minimum atomic E-state index is -0.279. The molecule has 2 aliphatic rings. The zero-order valence-electron chi connectivity index (χ0n) is 17.0. The minimum Gasteiger partial charge on any atom is -0.352 e. The molecule has 1 aliphatic carbocycles. The van der Waals surface area contributed by atoms with Gasteiger partial charge in [-0.25, -0.2) is 14.4 Å². The van der Waals surface area contributed by atoms with Crippen molar-refractivity contribution >= 4 is 5.82 Å². The van der Waals surface area contributed by atoms with E-state index in [1.165, 1.54) is 5.56 Å². The molecule has 0 aromatic carbocycles. The number of anilines is 1. The molecular formula is C21H29FN6. The van der Waals surface area contributed by atoms with Crippen LogP contribution in [0.4, 0.5) is 10.2 Å². The van der Waals surface area contributed by atoms with Crippen molar-refractivity contribution in [3.8, 4) is 0 Å². The molecule has 4 rings (SSSR count). The van der Waals surface area contributed by atoms with Crippen molar-refractivity contribution in [3.63, 3.8) is 0 Å². The van der Waals surface area contributed by atoms with Crippen molar-refractivity contribution in [1.29, 1.82) is 0 Å². The van der Waals surface area contributed by atoms with Crippen molar-refractivity contribution < 1.29 is 4.39 Å². The maximum absolute atomic E-state index is 15.3. The van der Waals surface area contributed by atoms with Crippen LogP contribution >= 0.6 is 0 Å². The van der Waals surface area contributed by atoms with Crippen LogP contribution in [0, 0.1) is 12.7 Å². The van der Waals surface area contributed by atoms with E-state index >= 15 is 4.39 Å². The Balaban J connectivity index is 1.57. The number of pyridine rings is 1. The third-order valence-electron chi connectivity index (χ3n) is 5.91. The third-order valence-corrected chi connectivity index (χ3v) is 5.91. The van der Waals surface area contributed by atoms with E-state index in [2.05, 4.69) is 37.9 Å². The second-order valence-electron chi connectivity index (χ2n) is 8.02. The number of piperazine rings is 1. The fourth-order valence-electron chi connectivity index (χ4n) is 4.29. The number of aromatic nitrogens is 3. The average molecular weight is 385 g/mol. The summed E-state index contributed by atoms with van der Waals surface area (Å²) >= 11 is 0. The molecule has 2 aromatic heterocycles. The summed E-state index contributed by atoms with van der Waals surface area (Å²) in [4.78, 5) is 20.0. The molecule has 1 saturated heterocycles. The van der Waals surface area contributed by atoms with Crippen LogP contribution in [-0.4, -0.2) is 65.0 Å². The Bertz CT molecular complexity index is 834. The molecule has 0 saturated carbocycles. The SMILES string of the molecule is Cc1nc(CN(C)C2CCCc3cccnc32)c(F)c(N2CCN(C)CC2)n1. The molecule has 150 valence electrons.